The van der Waals surface area contributed by atoms with Gasteiger partial charge in [-0.25, -0.2) is 0 Å². The normalized spacial score (nSPS) is 16.0. The summed E-state index contributed by atoms with van der Waals surface area (Å²) in [6.07, 6.45) is 8.63. The summed E-state index contributed by atoms with van der Waals surface area (Å²) < 4.78 is 0. The summed E-state index contributed by atoms with van der Waals surface area (Å²) in [5.41, 5.74) is 2.39. The molecule has 110 valence electrons. The molecule has 0 aliphatic carbocycles. The van der Waals surface area contributed by atoms with Crippen LogP contribution in [-0.2, 0) is 0 Å². The van der Waals surface area contributed by atoms with Crippen LogP contribution in [0.5, 0.6) is 0 Å². The molecule has 0 saturated heterocycles. The highest BCUT2D eigenvalue weighted by molar-refractivity contribution is 6.87. The van der Waals surface area contributed by atoms with Crippen LogP contribution < -0.4 is 0 Å². The van der Waals surface area contributed by atoms with Gasteiger partial charge in [0.1, 0.15) is 13.7 Å². The van der Waals surface area contributed by atoms with Crippen molar-refractivity contribution >= 4 is 8.07 Å². The zero-order valence-corrected chi connectivity index (χ0v) is 14.9. The predicted molar refractivity (Wildman–Crippen MR) is 88.9 cm³/mol. The number of hydrogen-bond acceptors (Lipinski definition) is 1. The Morgan fingerprint density at radius 3 is 2.16 bits per heavy atom. The van der Waals surface area contributed by atoms with Crippen molar-refractivity contribution in [2.24, 2.45) is 0 Å². The standard InChI is InChI=1S/C17H32OSi/c1-8-9-10-11-12-13-17(5,18)14-15-19(6,7)16(2,3)4/h12-13,18H,8-11H2,1-7H3/b13-12+. The lowest BCUT2D eigenvalue weighted by Crippen LogP contribution is -2.36. The first-order valence-electron chi connectivity index (χ1n) is 7.46. The summed E-state index contributed by atoms with van der Waals surface area (Å²) in [5, 5.41) is 10.5. The van der Waals surface area contributed by atoms with E-state index in [-0.39, 0.29) is 5.04 Å². The second kappa shape index (κ2) is 7.31. The van der Waals surface area contributed by atoms with Gasteiger partial charge in [0.25, 0.3) is 0 Å². The SMILES string of the molecule is CCCCC/C=C/C(C)(O)C#C[Si](C)(C)C(C)(C)C. The molecule has 1 N–H and O–H groups in total. The summed E-state index contributed by atoms with van der Waals surface area (Å²) in [7, 11) is -1.63. The second-order valence-electron chi connectivity index (χ2n) is 7.17. The maximum absolute atomic E-state index is 10.3. The van der Waals surface area contributed by atoms with Crippen molar-refractivity contribution in [2.75, 3.05) is 0 Å². The Hall–Kier alpha value is -0.523. The lowest BCUT2D eigenvalue weighted by Gasteiger charge is -2.32. The topological polar surface area (TPSA) is 20.2 Å². The third-order valence-corrected chi connectivity index (χ3v) is 8.42. The third kappa shape index (κ3) is 7.60. The first-order chi connectivity index (χ1) is 8.52. The highest BCUT2D eigenvalue weighted by Crippen LogP contribution is 2.35. The molecular formula is C17H32OSi. The highest BCUT2D eigenvalue weighted by Gasteiger charge is 2.34. The predicted octanol–water partition coefficient (Wildman–Crippen LogP) is 4.93. The van der Waals surface area contributed by atoms with Gasteiger partial charge in [-0.05, 0) is 30.9 Å². The van der Waals surface area contributed by atoms with Crippen LogP contribution in [0.15, 0.2) is 12.2 Å². The maximum atomic E-state index is 10.3. The number of allylic oxidation sites excluding steroid dienone is 1. The molecular weight excluding hydrogens is 248 g/mol. The molecule has 0 bridgehead atoms. The average Bonchev–Trinajstić information content (AvgIpc) is 2.25. The van der Waals surface area contributed by atoms with Gasteiger partial charge in [0.2, 0.25) is 0 Å². The van der Waals surface area contributed by atoms with E-state index >= 15 is 0 Å². The van der Waals surface area contributed by atoms with Gasteiger partial charge in [-0.1, -0.05) is 65.6 Å². The van der Waals surface area contributed by atoms with Crippen molar-refractivity contribution in [3.05, 3.63) is 12.2 Å². The maximum Gasteiger partial charge on any atom is 0.140 e. The van der Waals surface area contributed by atoms with Crippen molar-refractivity contribution in [2.45, 2.75) is 84.0 Å². The largest absolute Gasteiger partial charge is 0.374 e. The zero-order chi connectivity index (χ0) is 15.2. The van der Waals surface area contributed by atoms with Crippen LogP contribution >= 0.6 is 0 Å². The van der Waals surface area contributed by atoms with E-state index < -0.39 is 13.7 Å². The summed E-state index contributed by atoms with van der Waals surface area (Å²) in [6.45, 7) is 15.2. The Bertz CT molecular complexity index is 348. The average molecular weight is 281 g/mol. The fraction of sp³-hybridized carbons (Fsp3) is 0.765. The van der Waals surface area contributed by atoms with Crippen LogP contribution in [0.1, 0.15) is 60.3 Å². The monoisotopic (exact) mass is 280 g/mol. The van der Waals surface area contributed by atoms with E-state index in [1.54, 1.807) is 6.92 Å². The molecule has 0 amide bonds. The first kappa shape index (κ1) is 18.5. The van der Waals surface area contributed by atoms with Crippen molar-refractivity contribution < 1.29 is 5.11 Å². The van der Waals surface area contributed by atoms with Gasteiger partial charge in [0.05, 0.1) is 0 Å². The number of unbranched alkanes of at least 4 members (excludes halogenated alkanes) is 3. The van der Waals surface area contributed by atoms with Gasteiger partial charge in [0, 0.05) is 0 Å². The van der Waals surface area contributed by atoms with Crippen LogP contribution in [0.4, 0.5) is 0 Å². The summed E-state index contributed by atoms with van der Waals surface area (Å²) in [6, 6.07) is 0. The Morgan fingerprint density at radius 1 is 1.11 bits per heavy atom. The van der Waals surface area contributed by atoms with Crippen LogP contribution in [0.25, 0.3) is 0 Å². The molecule has 0 spiro atoms. The van der Waals surface area contributed by atoms with Gasteiger partial charge < -0.3 is 5.11 Å². The lowest BCUT2D eigenvalue weighted by molar-refractivity contribution is 0.174. The summed E-state index contributed by atoms with van der Waals surface area (Å²) >= 11 is 0. The fourth-order valence-electron chi connectivity index (χ4n) is 1.34. The van der Waals surface area contributed by atoms with E-state index in [0.717, 1.165) is 6.42 Å². The molecule has 0 heterocycles. The van der Waals surface area contributed by atoms with Crippen molar-refractivity contribution in [3.63, 3.8) is 0 Å². The van der Waals surface area contributed by atoms with Crippen LogP contribution in [-0.4, -0.2) is 18.8 Å². The van der Waals surface area contributed by atoms with E-state index in [1.807, 2.05) is 6.08 Å². The van der Waals surface area contributed by atoms with Crippen molar-refractivity contribution in [1.29, 1.82) is 0 Å². The molecule has 0 aromatic heterocycles. The zero-order valence-electron chi connectivity index (χ0n) is 13.9. The first-order valence-corrected chi connectivity index (χ1v) is 10.5. The molecule has 0 aliphatic rings. The minimum atomic E-state index is -1.63. The number of rotatable bonds is 5. The molecule has 1 unspecified atom stereocenters. The smallest absolute Gasteiger partial charge is 0.140 e. The molecule has 0 aliphatic heterocycles. The molecule has 1 nitrogen and oxygen atoms in total. The molecule has 0 aromatic carbocycles. The summed E-state index contributed by atoms with van der Waals surface area (Å²) in [4.78, 5) is 0. The highest BCUT2D eigenvalue weighted by atomic mass is 28.3. The quantitative estimate of drug-likeness (QED) is 0.328. The van der Waals surface area contributed by atoms with E-state index in [2.05, 4.69) is 58.3 Å². The van der Waals surface area contributed by atoms with Crippen LogP contribution in [0.3, 0.4) is 0 Å². The van der Waals surface area contributed by atoms with Crippen LogP contribution in [0.2, 0.25) is 18.1 Å². The molecule has 0 radical (unpaired) electrons. The van der Waals surface area contributed by atoms with E-state index in [0.29, 0.717) is 0 Å². The van der Waals surface area contributed by atoms with Gasteiger partial charge in [-0.2, -0.15) is 0 Å². The summed E-state index contributed by atoms with van der Waals surface area (Å²) in [5.74, 6) is 3.08. The Labute approximate surface area is 121 Å². The number of hydrogen-bond donors (Lipinski definition) is 1. The molecule has 19 heavy (non-hydrogen) atoms. The molecule has 0 rings (SSSR count). The molecule has 2 heteroatoms. The van der Waals surface area contributed by atoms with Crippen molar-refractivity contribution in [3.8, 4) is 11.5 Å². The number of aliphatic hydroxyl groups is 1. The van der Waals surface area contributed by atoms with E-state index in [1.165, 1.54) is 19.3 Å². The van der Waals surface area contributed by atoms with Gasteiger partial charge >= 0.3 is 0 Å². The molecule has 0 fully saturated rings. The Kier molecular flexibility index (Phi) is 7.11. The Balaban J connectivity index is 4.61. The lowest BCUT2D eigenvalue weighted by atomic mass is 10.1. The van der Waals surface area contributed by atoms with E-state index in [4.69, 9.17) is 0 Å². The minimum Gasteiger partial charge on any atom is -0.374 e. The minimum absolute atomic E-state index is 0.237. The molecule has 1 atom stereocenters. The van der Waals surface area contributed by atoms with Gasteiger partial charge in [-0.15, -0.1) is 5.54 Å². The second-order valence-corrected chi connectivity index (χ2v) is 12.2. The molecule has 0 aromatic rings. The van der Waals surface area contributed by atoms with Gasteiger partial charge in [0.15, 0.2) is 0 Å². The third-order valence-electron chi connectivity index (χ3n) is 3.92. The van der Waals surface area contributed by atoms with Crippen LogP contribution in [0, 0.1) is 11.5 Å². The van der Waals surface area contributed by atoms with Gasteiger partial charge in [-0.3, -0.25) is 0 Å². The Morgan fingerprint density at radius 2 is 1.68 bits per heavy atom. The fourth-order valence-corrected chi connectivity index (χ4v) is 2.28. The van der Waals surface area contributed by atoms with Crippen molar-refractivity contribution in [1.82, 2.24) is 0 Å². The molecule has 0 saturated carbocycles. The van der Waals surface area contributed by atoms with E-state index in [9.17, 15) is 5.11 Å².